The van der Waals surface area contributed by atoms with Crippen LogP contribution in [0, 0.1) is 5.92 Å². The maximum absolute atomic E-state index is 13.6. The number of primary amides is 1. The van der Waals surface area contributed by atoms with Crippen LogP contribution in [0.15, 0.2) is 40.3 Å². The van der Waals surface area contributed by atoms with E-state index in [1.54, 1.807) is 15.9 Å². The van der Waals surface area contributed by atoms with E-state index in [1.807, 2.05) is 37.3 Å². The lowest BCUT2D eigenvalue weighted by molar-refractivity contribution is -0.117. The number of hydrogen-bond donors (Lipinski definition) is 1. The highest BCUT2D eigenvalue weighted by atomic mass is 32.2. The summed E-state index contributed by atoms with van der Waals surface area (Å²) in [5.41, 5.74) is 7.43. The Morgan fingerprint density at radius 3 is 2.82 bits per heavy atom. The van der Waals surface area contributed by atoms with E-state index in [4.69, 9.17) is 10.7 Å². The first-order chi connectivity index (χ1) is 13.5. The Balaban J connectivity index is 1.96. The normalized spacial score (nSPS) is 17.4. The molecule has 4 rings (SSSR count). The lowest BCUT2D eigenvalue weighted by Gasteiger charge is -2.18. The van der Waals surface area contributed by atoms with Crippen LogP contribution in [0.1, 0.15) is 37.1 Å². The zero-order valence-electron chi connectivity index (χ0n) is 16.0. The number of carbonyl (C=O) groups excluding carboxylic acids is 1. The van der Waals surface area contributed by atoms with Gasteiger partial charge in [0, 0.05) is 4.88 Å². The van der Waals surface area contributed by atoms with Crippen molar-refractivity contribution in [3.63, 3.8) is 0 Å². The molecule has 28 heavy (non-hydrogen) atoms. The smallest absolute Gasteiger partial charge is 0.267 e. The van der Waals surface area contributed by atoms with Gasteiger partial charge in [0.05, 0.1) is 16.3 Å². The van der Waals surface area contributed by atoms with Crippen molar-refractivity contribution < 1.29 is 4.79 Å². The van der Waals surface area contributed by atoms with Crippen LogP contribution in [0.25, 0.3) is 15.9 Å². The maximum Gasteiger partial charge on any atom is 0.267 e. The second kappa shape index (κ2) is 7.72. The van der Waals surface area contributed by atoms with Gasteiger partial charge >= 0.3 is 0 Å². The molecule has 0 bridgehead atoms. The third-order valence-electron chi connectivity index (χ3n) is 5.25. The SMILES string of the molecule is CCC(Sc1nc2sc3c(c2c(=O)n1-c1ccccc1)CCC(C)C3)C(N)=O. The summed E-state index contributed by atoms with van der Waals surface area (Å²) < 4.78 is 1.64. The monoisotopic (exact) mass is 413 g/mol. The van der Waals surface area contributed by atoms with E-state index in [0.29, 0.717) is 17.5 Å². The van der Waals surface area contributed by atoms with Crippen LogP contribution in [0.2, 0.25) is 0 Å². The summed E-state index contributed by atoms with van der Waals surface area (Å²) in [5.74, 6) is 0.242. The van der Waals surface area contributed by atoms with Gasteiger partial charge in [-0.15, -0.1) is 11.3 Å². The molecule has 2 atom stereocenters. The van der Waals surface area contributed by atoms with Crippen molar-refractivity contribution in [2.45, 2.75) is 49.9 Å². The average molecular weight is 414 g/mol. The van der Waals surface area contributed by atoms with Crippen LogP contribution >= 0.6 is 23.1 Å². The first-order valence-electron chi connectivity index (χ1n) is 9.58. The Hall–Kier alpha value is -2.12. The Kier molecular flexibility index (Phi) is 5.29. The molecule has 0 fully saturated rings. The average Bonchev–Trinajstić information content (AvgIpc) is 3.04. The lowest BCUT2D eigenvalue weighted by atomic mass is 9.89. The minimum absolute atomic E-state index is 0.0509. The predicted molar refractivity (Wildman–Crippen MR) is 116 cm³/mol. The number of benzene rings is 1. The molecule has 1 aliphatic carbocycles. The highest BCUT2D eigenvalue weighted by Gasteiger charge is 2.26. The highest BCUT2D eigenvalue weighted by Crippen LogP contribution is 2.37. The number of para-hydroxylation sites is 1. The van der Waals surface area contributed by atoms with Crippen molar-refractivity contribution >= 4 is 39.2 Å². The molecule has 0 spiro atoms. The molecule has 1 aliphatic rings. The van der Waals surface area contributed by atoms with Crippen LogP contribution in [0.5, 0.6) is 0 Å². The van der Waals surface area contributed by atoms with E-state index in [2.05, 4.69) is 6.92 Å². The minimum atomic E-state index is -0.422. The summed E-state index contributed by atoms with van der Waals surface area (Å²) in [4.78, 5) is 32.3. The van der Waals surface area contributed by atoms with Gasteiger partial charge in [-0.25, -0.2) is 4.98 Å². The number of hydrogen-bond acceptors (Lipinski definition) is 5. The summed E-state index contributed by atoms with van der Waals surface area (Å²) in [7, 11) is 0. The molecule has 146 valence electrons. The summed E-state index contributed by atoms with van der Waals surface area (Å²) in [6.45, 7) is 4.17. The number of amides is 1. The van der Waals surface area contributed by atoms with E-state index in [9.17, 15) is 9.59 Å². The fourth-order valence-electron chi connectivity index (χ4n) is 3.72. The molecule has 2 N–H and O–H groups in total. The summed E-state index contributed by atoms with van der Waals surface area (Å²) >= 11 is 2.90. The van der Waals surface area contributed by atoms with Crippen molar-refractivity contribution in [1.29, 1.82) is 0 Å². The van der Waals surface area contributed by atoms with Crippen molar-refractivity contribution in [3.8, 4) is 5.69 Å². The van der Waals surface area contributed by atoms with E-state index in [1.165, 1.54) is 22.2 Å². The molecule has 0 aliphatic heterocycles. The van der Waals surface area contributed by atoms with E-state index >= 15 is 0 Å². The van der Waals surface area contributed by atoms with Crippen molar-refractivity contribution in [2.75, 3.05) is 0 Å². The van der Waals surface area contributed by atoms with Crippen molar-refractivity contribution in [3.05, 3.63) is 51.1 Å². The van der Waals surface area contributed by atoms with Gasteiger partial charge in [-0.3, -0.25) is 14.2 Å². The second-order valence-corrected chi connectivity index (χ2v) is 9.57. The molecule has 0 radical (unpaired) electrons. The molecule has 2 heterocycles. The molecule has 2 unspecified atom stereocenters. The molecule has 7 heteroatoms. The third-order valence-corrected chi connectivity index (χ3v) is 7.73. The molecule has 5 nitrogen and oxygen atoms in total. The molecular weight excluding hydrogens is 390 g/mol. The van der Waals surface area contributed by atoms with Gasteiger partial charge in [0.25, 0.3) is 5.56 Å². The summed E-state index contributed by atoms with van der Waals surface area (Å²) in [6.07, 6.45) is 3.61. The number of fused-ring (bicyclic) bond motifs is 3. The standard InChI is InChI=1S/C21H23N3O2S2/c1-3-15(18(22)25)28-21-23-19-17(14-10-9-12(2)11-16(14)27-19)20(26)24(21)13-7-5-4-6-8-13/h4-8,12,15H,3,9-11H2,1-2H3,(H2,22,25). The highest BCUT2D eigenvalue weighted by molar-refractivity contribution is 8.00. The van der Waals surface area contributed by atoms with Gasteiger partial charge < -0.3 is 5.73 Å². The van der Waals surface area contributed by atoms with Gasteiger partial charge in [-0.05, 0) is 49.3 Å². The van der Waals surface area contributed by atoms with Gasteiger partial charge in [-0.2, -0.15) is 0 Å². The van der Waals surface area contributed by atoms with Crippen LogP contribution in [-0.2, 0) is 17.6 Å². The summed E-state index contributed by atoms with van der Waals surface area (Å²) in [6, 6.07) is 9.50. The zero-order chi connectivity index (χ0) is 19.8. The quantitative estimate of drug-likeness (QED) is 0.508. The fourth-order valence-corrected chi connectivity index (χ4v) is 6.13. The molecule has 3 aromatic rings. The van der Waals surface area contributed by atoms with E-state index < -0.39 is 5.25 Å². The molecule has 0 saturated heterocycles. The van der Waals surface area contributed by atoms with Gasteiger partial charge in [0.15, 0.2) is 5.16 Å². The molecule has 1 amide bonds. The van der Waals surface area contributed by atoms with Crippen LogP contribution in [-0.4, -0.2) is 20.7 Å². The number of thioether (sulfide) groups is 1. The molecular formula is C21H23N3O2S2. The molecule has 0 saturated carbocycles. The summed E-state index contributed by atoms with van der Waals surface area (Å²) in [5, 5.41) is 0.849. The number of nitrogens with zero attached hydrogens (tertiary/aromatic N) is 2. The number of aromatic nitrogens is 2. The number of carbonyl (C=O) groups is 1. The van der Waals surface area contributed by atoms with Crippen molar-refractivity contribution in [2.24, 2.45) is 11.7 Å². The first kappa shape index (κ1) is 19.2. The lowest BCUT2D eigenvalue weighted by Crippen LogP contribution is -2.28. The Bertz CT molecular complexity index is 1090. The number of nitrogens with two attached hydrogens (primary N) is 1. The Morgan fingerprint density at radius 2 is 2.14 bits per heavy atom. The fraction of sp³-hybridized carbons (Fsp3) is 0.381. The Morgan fingerprint density at radius 1 is 1.39 bits per heavy atom. The van der Waals surface area contributed by atoms with E-state index in [0.717, 1.165) is 35.2 Å². The Labute approximate surface area is 172 Å². The van der Waals surface area contributed by atoms with Crippen LogP contribution < -0.4 is 11.3 Å². The second-order valence-electron chi connectivity index (χ2n) is 7.32. The van der Waals surface area contributed by atoms with E-state index in [-0.39, 0.29) is 11.5 Å². The van der Waals surface area contributed by atoms with Crippen molar-refractivity contribution in [1.82, 2.24) is 9.55 Å². The number of aryl methyl sites for hydroxylation is 1. The van der Waals surface area contributed by atoms with Crippen LogP contribution in [0.3, 0.4) is 0 Å². The van der Waals surface area contributed by atoms with Gasteiger partial charge in [0.2, 0.25) is 5.91 Å². The van der Waals surface area contributed by atoms with Crippen LogP contribution in [0.4, 0.5) is 0 Å². The van der Waals surface area contributed by atoms with Gasteiger partial charge in [0.1, 0.15) is 4.83 Å². The molecule has 1 aromatic carbocycles. The molecule has 2 aromatic heterocycles. The topological polar surface area (TPSA) is 78.0 Å². The largest absolute Gasteiger partial charge is 0.369 e. The minimum Gasteiger partial charge on any atom is -0.369 e. The maximum atomic E-state index is 13.6. The predicted octanol–water partition coefficient (Wildman–Crippen LogP) is 3.93. The van der Waals surface area contributed by atoms with Gasteiger partial charge in [-0.1, -0.05) is 43.8 Å². The zero-order valence-corrected chi connectivity index (χ0v) is 17.6. The first-order valence-corrected chi connectivity index (χ1v) is 11.3. The third kappa shape index (κ3) is 3.37. The number of thiophene rings is 1. The number of rotatable bonds is 5.